The molecule has 1 heterocycles. The van der Waals surface area contributed by atoms with E-state index < -0.39 is 72.9 Å². The van der Waals surface area contributed by atoms with Gasteiger partial charge in [0, 0.05) is 23.5 Å². The van der Waals surface area contributed by atoms with Gasteiger partial charge in [0.2, 0.25) is 23.6 Å². The van der Waals surface area contributed by atoms with Crippen LogP contribution in [0.4, 0.5) is 0 Å². The lowest BCUT2D eigenvalue weighted by Gasteiger charge is -2.25. The maximum Gasteiger partial charge on any atom is 0.326 e. The first-order chi connectivity index (χ1) is 16.9. The summed E-state index contributed by atoms with van der Waals surface area (Å²) in [5, 5.41) is 36.5. The summed E-state index contributed by atoms with van der Waals surface area (Å²) in [7, 11) is 0. The summed E-state index contributed by atoms with van der Waals surface area (Å²) >= 11 is 0. The van der Waals surface area contributed by atoms with E-state index in [1.165, 1.54) is 6.92 Å². The number of amides is 4. The lowest BCUT2D eigenvalue weighted by atomic mass is 10.0. The Morgan fingerprint density at radius 2 is 1.64 bits per heavy atom. The number of H-pyrrole nitrogens is 1. The van der Waals surface area contributed by atoms with Gasteiger partial charge in [-0.2, -0.15) is 0 Å². The number of aromatic amines is 1. The molecule has 0 aliphatic rings. The molecular weight excluding hydrogens is 476 g/mol. The number of benzene rings is 1. The number of carboxylic acids is 1. The molecular formula is C22H30N6O8. The number of fused-ring (bicyclic) bond motifs is 1. The molecule has 0 saturated heterocycles. The summed E-state index contributed by atoms with van der Waals surface area (Å²) in [6.45, 7) is 0.276. The lowest BCUT2D eigenvalue weighted by Crippen LogP contribution is -2.60. The van der Waals surface area contributed by atoms with Crippen molar-refractivity contribution in [2.45, 2.75) is 50.0 Å². The first-order valence-electron chi connectivity index (χ1n) is 11.0. The molecule has 5 atom stereocenters. The molecule has 0 aliphatic carbocycles. The summed E-state index contributed by atoms with van der Waals surface area (Å²) in [6.07, 6.45) is -0.418. The number of carboxylic acid groups (broad SMARTS) is 1. The highest BCUT2D eigenvalue weighted by Gasteiger charge is 2.32. The molecule has 4 amide bonds. The van der Waals surface area contributed by atoms with Crippen molar-refractivity contribution in [1.82, 2.24) is 20.9 Å². The average molecular weight is 507 g/mol. The van der Waals surface area contributed by atoms with Gasteiger partial charge in [0.1, 0.15) is 18.1 Å². The van der Waals surface area contributed by atoms with Gasteiger partial charge in [0.15, 0.2) is 0 Å². The number of aliphatic hydroxyl groups is 2. The number of aliphatic hydroxyl groups excluding tert-OH is 2. The molecule has 1 aromatic carbocycles. The summed E-state index contributed by atoms with van der Waals surface area (Å²) in [5.74, 6) is -5.20. The molecule has 14 heteroatoms. The molecule has 11 N–H and O–H groups in total. The van der Waals surface area contributed by atoms with Gasteiger partial charge >= 0.3 is 5.97 Å². The van der Waals surface area contributed by atoms with Crippen molar-refractivity contribution < 1.29 is 39.3 Å². The SMILES string of the molecule is CC(O)C(NC(=O)C(N)CC(N)=O)C(=O)NC(CO)C(=O)NC(Cc1c[nH]c2ccccc12)C(=O)O. The number of rotatable bonds is 13. The predicted molar refractivity (Wildman–Crippen MR) is 126 cm³/mol. The van der Waals surface area contributed by atoms with Crippen molar-refractivity contribution in [2.24, 2.45) is 11.5 Å². The van der Waals surface area contributed by atoms with Gasteiger partial charge in [-0.25, -0.2) is 4.79 Å². The average Bonchev–Trinajstić information content (AvgIpc) is 3.22. The number of nitrogens with two attached hydrogens (primary N) is 2. The molecule has 0 bridgehead atoms. The third kappa shape index (κ3) is 7.49. The minimum Gasteiger partial charge on any atom is -0.480 e. The van der Waals surface area contributed by atoms with Crippen LogP contribution in [-0.4, -0.2) is 86.8 Å². The molecule has 196 valence electrons. The quantitative estimate of drug-likeness (QED) is 0.133. The van der Waals surface area contributed by atoms with Crippen LogP contribution >= 0.6 is 0 Å². The van der Waals surface area contributed by atoms with Crippen LogP contribution in [0.15, 0.2) is 30.5 Å². The van der Waals surface area contributed by atoms with E-state index in [1.807, 2.05) is 12.1 Å². The third-order valence-electron chi connectivity index (χ3n) is 5.35. The number of primary amides is 1. The van der Waals surface area contributed by atoms with E-state index in [0.717, 1.165) is 10.9 Å². The van der Waals surface area contributed by atoms with Gasteiger partial charge in [0.05, 0.1) is 25.2 Å². The number of hydrogen-bond donors (Lipinski definition) is 9. The Morgan fingerprint density at radius 1 is 1.00 bits per heavy atom. The van der Waals surface area contributed by atoms with Gasteiger partial charge in [-0.15, -0.1) is 0 Å². The van der Waals surface area contributed by atoms with Crippen LogP contribution in [0.1, 0.15) is 18.9 Å². The molecule has 0 aliphatic heterocycles. The van der Waals surface area contributed by atoms with E-state index in [0.29, 0.717) is 5.56 Å². The fourth-order valence-electron chi connectivity index (χ4n) is 3.42. The van der Waals surface area contributed by atoms with Crippen LogP contribution in [0.3, 0.4) is 0 Å². The van der Waals surface area contributed by atoms with E-state index in [9.17, 15) is 39.3 Å². The first-order valence-corrected chi connectivity index (χ1v) is 11.0. The number of aliphatic carboxylic acids is 1. The fraction of sp³-hybridized carbons (Fsp3) is 0.409. The zero-order chi connectivity index (χ0) is 27.0. The Bertz CT molecular complexity index is 1120. The summed E-state index contributed by atoms with van der Waals surface area (Å²) < 4.78 is 0. The molecule has 2 aromatic rings. The smallest absolute Gasteiger partial charge is 0.326 e. The van der Waals surface area contributed by atoms with E-state index in [4.69, 9.17) is 11.5 Å². The van der Waals surface area contributed by atoms with Gasteiger partial charge in [-0.1, -0.05) is 18.2 Å². The number of hydrogen-bond acceptors (Lipinski definition) is 8. The second-order valence-corrected chi connectivity index (χ2v) is 8.21. The normalized spacial score (nSPS) is 15.2. The van der Waals surface area contributed by atoms with Gasteiger partial charge in [-0.3, -0.25) is 19.2 Å². The van der Waals surface area contributed by atoms with E-state index in [1.54, 1.807) is 18.3 Å². The standard InChI is InChI=1S/C22H30N6O8/c1-10(30)18(28-19(32)13(23)7-17(24)31)21(34)27-16(9-29)20(33)26-15(22(35)36)6-11-8-25-14-5-3-2-4-12(11)14/h2-5,8,10,13,15-16,18,25,29-30H,6-7,9,23H2,1H3,(H2,24,31)(H,26,33)(H,27,34)(H,28,32)(H,35,36). The predicted octanol–water partition coefficient (Wildman–Crippen LogP) is -3.17. The first kappa shape index (κ1) is 28.2. The Morgan fingerprint density at radius 3 is 2.22 bits per heavy atom. The number of para-hydroxylation sites is 1. The molecule has 2 rings (SSSR count). The molecule has 36 heavy (non-hydrogen) atoms. The van der Waals surface area contributed by atoms with Crippen LogP contribution in [-0.2, 0) is 30.4 Å². The number of carbonyl (C=O) groups excluding carboxylic acids is 4. The minimum absolute atomic E-state index is 0.0821. The second-order valence-electron chi connectivity index (χ2n) is 8.21. The molecule has 14 nitrogen and oxygen atoms in total. The second kappa shape index (κ2) is 12.6. The van der Waals surface area contributed by atoms with Crippen LogP contribution in [0.2, 0.25) is 0 Å². The van der Waals surface area contributed by atoms with Crippen LogP contribution in [0.25, 0.3) is 10.9 Å². The summed E-state index contributed by atoms with van der Waals surface area (Å²) in [4.78, 5) is 63.2. The highest BCUT2D eigenvalue weighted by molar-refractivity contribution is 5.95. The minimum atomic E-state index is -1.60. The Labute approximate surface area is 205 Å². The fourth-order valence-corrected chi connectivity index (χ4v) is 3.42. The van der Waals surface area contributed by atoms with Gasteiger partial charge < -0.3 is 47.7 Å². The molecule has 0 radical (unpaired) electrons. The molecule has 1 aromatic heterocycles. The van der Waals surface area contributed by atoms with Crippen molar-refractivity contribution in [2.75, 3.05) is 6.61 Å². The molecule has 0 fully saturated rings. The monoisotopic (exact) mass is 506 g/mol. The lowest BCUT2D eigenvalue weighted by molar-refractivity contribution is -0.142. The Balaban J connectivity index is 2.08. The van der Waals surface area contributed by atoms with Crippen molar-refractivity contribution in [3.05, 3.63) is 36.0 Å². The van der Waals surface area contributed by atoms with Crippen molar-refractivity contribution >= 4 is 40.5 Å². The number of nitrogens with one attached hydrogen (secondary N) is 4. The van der Waals surface area contributed by atoms with Crippen LogP contribution in [0, 0.1) is 0 Å². The molecule has 5 unspecified atom stereocenters. The zero-order valence-electron chi connectivity index (χ0n) is 19.4. The van der Waals surface area contributed by atoms with Crippen molar-refractivity contribution in [3.63, 3.8) is 0 Å². The summed E-state index contributed by atoms with van der Waals surface area (Å²) in [5.41, 5.74) is 11.9. The highest BCUT2D eigenvalue weighted by atomic mass is 16.4. The topological polar surface area (TPSA) is 250 Å². The highest BCUT2D eigenvalue weighted by Crippen LogP contribution is 2.19. The van der Waals surface area contributed by atoms with Crippen LogP contribution < -0.4 is 27.4 Å². The third-order valence-corrected chi connectivity index (χ3v) is 5.35. The summed E-state index contributed by atoms with van der Waals surface area (Å²) in [6, 6.07) is 1.22. The van der Waals surface area contributed by atoms with E-state index in [-0.39, 0.29) is 6.42 Å². The van der Waals surface area contributed by atoms with Crippen molar-refractivity contribution in [1.29, 1.82) is 0 Å². The van der Waals surface area contributed by atoms with Gasteiger partial charge in [0.25, 0.3) is 0 Å². The van der Waals surface area contributed by atoms with E-state index >= 15 is 0 Å². The Hall–Kier alpha value is -4.01. The number of carbonyl (C=O) groups is 5. The maximum absolute atomic E-state index is 12.7. The number of aromatic nitrogens is 1. The maximum atomic E-state index is 12.7. The molecule has 0 saturated carbocycles. The zero-order valence-corrected chi connectivity index (χ0v) is 19.4. The van der Waals surface area contributed by atoms with E-state index in [2.05, 4.69) is 20.9 Å². The largest absolute Gasteiger partial charge is 0.480 e. The van der Waals surface area contributed by atoms with Crippen molar-refractivity contribution in [3.8, 4) is 0 Å². The molecule has 0 spiro atoms. The Kier molecular flexibility index (Phi) is 9.90. The van der Waals surface area contributed by atoms with Crippen LogP contribution in [0.5, 0.6) is 0 Å². The van der Waals surface area contributed by atoms with Gasteiger partial charge in [-0.05, 0) is 18.6 Å².